The zero-order valence-corrected chi connectivity index (χ0v) is 11.2. The Morgan fingerprint density at radius 1 is 1.42 bits per heavy atom. The molecule has 0 radical (unpaired) electrons. The minimum Gasteiger partial charge on any atom is -0.345 e. The molecule has 0 aliphatic heterocycles. The summed E-state index contributed by atoms with van der Waals surface area (Å²) in [5.74, 6) is 0.329. The molecule has 1 aromatic carbocycles. The van der Waals surface area contributed by atoms with E-state index in [0.717, 1.165) is 0 Å². The van der Waals surface area contributed by atoms with E-state index in [1.54, 1.807) is 24.3 Å². The molecule has 0 atom stereocenters. The molecule has 7 heteroatoms. The molecule has 0 unspecified atom stereocenters. The van der Waals surface area contributed by atoms with Gasteiger partial charge in [-0.3, -0.25) is 9.89 Å². The van der Waals surface area contributed by atoms with Crippen molar-refractivity contribution >= 4 is 35.2 Å². The van der Waals surface area contributed by atoms with Crippen LogP contribution < -0.4 is 5.32 Å². The molecule has 1 aromatic heterocycles. The topological polar surface area (TPSA) is 70.7 Å². The van der Waals surface area contributed by atoms with Crippen LogP contribution in [0, 0.1) is 0 Å². The first-order valence-electron chi connectivity index (χ1n) is 5.40. The maximum Gasteiger partial charge on any atom is 0.244 e. The van der Waals surface area contributed by atoms with Gasteiger partial charge >= 0.3 is 0 Å². The van der Waals surface area contributed by atoms with Gasteiger partial charge in [-0.15, -0.1) is 0 Å². The van der Waals surface area contributed by atoms with E-state index in [2.05, 4.69) is 20.5 Å². The summed E-state index contributed by atoms with van der Waals surface area (Å²) < 4.78 is 0. The Labute approximate surface area is 119 Å². The number of carbonyl (C=O) groups is 1. The van der Waals surface area contributed by atoms with E-state index in [1.807, 2.05) is 0 Å². The molecule has 0 spiro atoms. The number of aromatic amines is 1. The first-order chi connectivity index (χ1) is 9.15. The number of halogens is 2. The molecular formula is C12H10Cl2N4O. The Balaban J connectivity index is 1.94. The van der Waals surface area contributed by atoms with Crippen molar-refractivity contribution in [3.63, 3.8) is 0 Å². The zero-order chi connectivity index (χ0) is 13.7. The van der Waals surface area contributed by atoms with Crippen LogP contribution in [-0.2, 0) is 11.3 Å². The maximum absolute atomic E-state index is 11.6. The van der Waals surface area contributed by atoms with Gasteiger partial charge in [-0.05, 0) is 29.8 Å². The van der Waals surface area contributed by atoms with Crippen molar-refractivity contribution < 1.29 is 4.79 Å². The van der Waals surface area contributed by atoms with Gasteiger partial charge in [0.1, 0.15) is 12.2 Å². The van der Waals surface area contributed by atoms with Crippen LogP contribution >= 0.6 is 23.2 Å². The van der Waals surface area contributed by atoms with Gasteiger partial charge in [-0.25, -0.2) is 4.98 Å². The number of benzene rings is 1. The van der Waals surface area contributed by atoms with Gasteiger partial charge in [0.05, 0.1) is 6.54 Å². The minimum absolute atomic E-state index is 0.257. The molecule has 98 valence electrons. The summed E-state index contributed by atoms with van der Waals surface area (Å²) in [4.78, 5) is 15.5. The molecule has 19 heavy (non-hydrogen) atoms. The number of rotatable bonds is 4. The number of nitrogens with one attached hydrogen (secondary N) is 2. The SMILES string of the molecule is O=C(/C=C/c1cc(Cl)ccc1Cl)NCc1ncn[nH]1. The standard InChI is InChI=1S/C12H10Cl2N4O/c13-9-2-3-10(14)8(5-9)1-4-12(19)15-6-11-16-7-17-18-11/h1-5,7H,6H2,(H,15,19)(H,16,17,18)/b4-1+. The predicted octanol–water partition coefficient (Wildman–Crippen LogP) is 2.44. The summed E-state index contributed by atoms with van der Waals surface area (Å²) in [6.07, 6.45) is 4.36. The van der Waals surface area contributed by atoms with E-state index in [0.29, 0.717) is 21.4 Å². The summed E-state index contributed by atoms with van der Waals surface area (Å²) in [6, 6.07) is 5.05. The van der Waals surface area contributed by atoms with Gasteiger partial charge in [-0.2, -0.15) is 5.10 Å². The third kappa shape index (κ3) is 4.08. The van der Waals surface area contributed by atoms with Crippen molar-refractivity contribution in [1.29, 1.82) is 0 Å². The molecule has 0 saturated carbocycles. The second-order valence-corrected chi connectivity index (χ2v) is 4.49. The number of H-pyrrole nitrogens is 1. The van der Waals surface area contributed by atoms with Crippen LogP contribution in [0.3, 0.4) is 0 Å². The average Bonchev–Trinajstić information content (AvgIpc) is 2.90. The Kier molecular flexibility index (Phi) is 4.54. The van der Waals surface area contributed by atoms with Crippen molar-refractivity contribution in [2.45, 2.75) is 6.54 Å². The number of hydrogen-bond acceptors (Lipinski definition) is 3. The van der Waals surface area contributed by atoms with Gasteiger partial charge < -0.3 is 5.32 Å². The predicted molar refractivity (Wildman–Crippen MR) is 73.7 cm³/mol. The Morgan fingerprint density at radius 2 is 2.26 bits per heavy atom. The van der Waals surface area contributed by atoms with Gasteiger partial charge in [0.25, 0.3) is 0 Å². The minimum atomic E-state index is -0.257. The molecular weight excluding hydrogens is 287 g/mol. The van der Waals surface area contributed by atoms with E-state index >= 15 is 0 Å². The van der Waals surface area contributed by atoms with Crippen molar-refractivity contribution in [2.75, 3.05) is 0 Å². The number of aromatic nitrogens is 3. The van der Waals surface area contributed by atoms with Crippen LogP contribution in [0.2, 0.25) is 10.0 Å². The molecule has 5 nitrogen and oxygen atoms in total. The monoisotopic (exact) mass is 296 g/mol. The zero-order valence-electron chi connectivity index (χ0n) is 9.73. The summed E-state index contributed by atoms with van der Waals surface area (Å²) in [7, 11) is 0. The highest BCUT2D eigenvalue weighted by Gasteiger charge is 2.01. The van der Waals surface area contributed by atoms with Gasteiger partial charge in [0, 0.05) is 16.1 Å². The van der Waals surface area contributed by atoms with Gasteiger partial charge in [-0.1, -0.05) is 23.2 Å². The van der Waals surface area contributed by atoms with E-state index < -0.39 is 0 Å². The maximum atomic E-state index is 11.6. The lowest BCUT2D eigenvalue weighted by atomic mass is 10.2. The molecule has 2 aromatic rings. The van der Waals surface area contributed by atoms with Crippen molar-refractivity contribution in [2.24, 2.45) is 0 Å². The highest BCUT2D eigenvalue weighted by molar-refractivity contribution is 6.34. The van der Waals surface area contributed by atoms with E-state index in [9.17, 15) is 4.79 Å². The van der Waals surface area contributed by atoms with Crippen LogP contribution in [0.5, 0.6) is 0 Å². The quantitative estimate of drug-likeness (QED) is 0.851. The van der Waals surface area contributed by atoms with E-state index in [1.165, 1.54) is 12.4 Å². The molecule has 0 fully saturated rings. The fourth-order valence-corrected chi connectivity index (χ4v) is 1.71. The van der Waals surface area contributed by atoms with Gasteiger partial charge in [0.15, 0.2) is 0 Å². The summed E-state index contributed by atoms with van der Waals surface area (Å²) in [5, 5.41) is 10.1. The number of carbonyl (C=O) groups excluding carboxylic acids is 1. The summed E-state index contributed by atoms with van der Waals surface area (Å²) in [5.41, 5.74) is 0.684. The fraction of sp³-hybridized carbons (Fsp3) is 0.0833. The third-order valence-electron chi connectivity index (χ3n) is 2.27. The molecule has 1 heterocycles. The van der Waals surface area contributed by atoms with Crippen molar-refractivity contribution in [3.8, 4) is 0 Å². The van der Waals surface area contributed by atoms with Gasteiger partial charge in [0.2, 0.25) is 5.91 Å². The second kappa shape index (κ2) is 6.36. The Bertz CT molecular complexity index is 596. The highest BCUT2D eigenvalue weighted by Crippen LogP contribution is 2.21. The molecule has 0 bridgehead atoms. The normalized spacial score (nSPS) is 10.8. The van der Waals surface area contributed by atoms with Crippen LogP contribution in [0.1, 0.15) is 11.4 Å². The first kappa shape index (κ1) is 13.6. The number of nitrogens with zero attached hydrogens (tertiary/aromatic N) is 2. The molecule has 1 amide bonds. The lowest BCUT2D eigenvalue weighted by Gasteiger charge is -2.00. The van der Waals surface area contributed by atoms with E-state index in [-0.39, 0.29) is 12.5 Å². The molecule has 0 aliphatic rings. The smallest absolute Gasteiger partial charge is 0.244 e. The third-order valence-corrected chi connectivity index (χ3v) is 2.85. The first-order valence-corrected chi connectivity index (χ1v) is 6.16. The number of amides is 1. The summed E-state index contributed by atoms with van der Waals surface area (Å²) >= 11 is 11.8. The van der Waals surface area contributed by atoms with Crippen LogP contribution in [0.4, 0.5) is 0 Å². The lowest BCUT2D eigenvalue weighted by molar-refractivity contribution is -0.116. The van der Waals surface area contributed by atoms with Crippen LogP contribution in [0.15, 0.2) is 30.6 Å². The summed E-state index contributed by atoms with van der Waals surface area (Å²) in [6.45, 7) is 0.284. The molecule has 0 saturated heterocycles. The molecule has 2 rings (SSSR count). The molecule has 2 N–H and O–H groups in total. The van der Waals surface area contributed by atoms with Crippen molar-refractivity contribution in [1.82, 2.24) is 20.5 Å². The number of hydrogen-bond donors (Lipinski definition) is 2. The van der Waals surface area contributed by atoms with Crippen LogP contribution in [-0.4, -0.2) is 21.1 Å². The average molecular weight is 297 g/mol. The Morgan fingerprint density at radius 3 is 3.00 bits per heavy atom. The highest BCUT2D eigenvalue weighted by atomic mass is 35.5. The van der Waals surface area contributed by atoms with Crippen LogP contribution in [0.25, 0.3) is 6.08 Å². The largest absolute Gasteiger partial charge is 0.345 e. The molecule has 0 aliphatic carbocycles. The van der Waals surface area contributed by atoms with Crippen molar-refractivity contribution in [3.05, 3.63) is 52.0 Å². The Hall–Kier alpha value is -1.85. The fourth-order valence-electron chi connectivity index (χ4n) is 1.35. The second-order valence-electron chi connectivity index (χ2n) is 3.65. The van der Waals surface area contributed by atoms with E-state index in [4.69, 9.17) is 23.2 Å². The lowest BCUT2D eigenvalue weighted by Crippen LogP contribution is -2.20.